The third-order valence-corrected chi connectivity index (χ3v) is 3.63. The van der Waals surface area contributed by atoms with Gasteiger partial charge in [0.05, 0.1) is 0 Å². The van der Waals surface area contributed by atoms with E-state index < -0.39 is 0 Å². The molecule has 0 aliphatic rings. The topological polar surface area (TPSA) is 68.0 Å². The predicted octanol–water partition coefficient (Wildman–Crippen LogP) is 3.29. The fourth-order valence-electron chi connectivity index (χ4n) is 2.38. The Morgan fingerprint density at radius 3 is 2.71 bits per heavy atom. The van der Waals surface area contributed by atoms with E-state index in [2.05, 4.69) is 21.6 Å². The Morgan fingerprint density at radius 1 is 1.08 bits per heavy atom. The molecule has 0 unspecified atom stereocenters. The van der Waals surface area contributed by atoms with E-state index in [1.54, 1.807) is 0 Å². The molecule has 0 bridgehead atoms. The normalized spacial score (nSPS) is 10.5. The third-order valence-electron chi connectivity index (χ3n) is 3.63. The molecule has 122 valence electrons. The molecule has 1 aromatic heterocycles. The van der Waals surface area contributed by atoms with Gasteiger partial charge in [0.15, 0.2) is 0 Å². The molecule has 1 heterocycles. The first-order valence-corrected chi connectivity index (χ1v) is 7.91. The highest BCUT2D eigenvalue weighted by Gasteiger charge is 2.10. The molecule has 0 saturated carbocycles. The number of aryl methyl sites for hydroxylation is 2. The summed E-state index contributed by atoms with van der Waals surface area (Å²) in [4.78, 5) is 12.0. The van der Waals surface area contributed by atoms with Gasteiger partial charge in [-0.3, -0.25) is 4.79 Å². The number of amides is 1. The monoisotopic (exact) mass is 321 g/mol. The van der Waals surface area contributed by atoms with Gasteiger partial charge in [0.25, 0.3) is 0 Å². The van der Waals surface area contributed by atoms with E-state index in [9.17, 15) is 4.79 Å². The standard InChI is InChI=1S/C19H19N3O2/c1-14-6-5-7-15(12-14)13-20-17(23)10-11-18-21-22-19(24-18)16-8-3-2-4-9-16/h2-9,12H,10-11,13H2,1H3,(H,20,23). The van der Waals surface area contributed by atoms with Crippen LogP contribution < -0.4 is 5.32 Å². The van der Waals surface area contributed by atoms with Gasteiger partial charge in [0.1, 0.15) is 0 Å². The van der Waals surface area contributed by atoms with Crippen LogP contribution in [0.3, 0.4) is 0 Å². The van der Waals surface area contributed by atoms with Crippen molar-refractivity contribution in [2.45, 2.75) is 26.3 Å². The molecular weight excluding hydrogens is 302 g/mol. The summed E-state index contributed by atoms with van der Waals surface area (Å²) in [5, 5.41) is 10.9. The second-order valence-electron chi connectivity index (χ2n) is 5.63. The van der Waals surface area contributed by atoms with Gasteiger partial charge in [-0.2, -0.15) is 0 Å². The molecule has 0 fully saturated rings. The minimum absolute atomic E-state index is 0.0315. The molecule has 0 saturated heterocycles. The zero-order valence-electron chi connectivity index (χ0n) is 13.5. The van der Waals surface area contributed by atoms with Crippen LogP contribution in [0.5, 0.6) is 0 Å². The van der Waals surface area contributed by atoms with Crippen LogP contribution in [-0.2, 0) is 17.8 Å². The van der Waals surface area contributed by atoms with Crippen molar-refractivity contribution >= 4 is 5.91 Å². The maximum Gasteiger partial charge on any atom is 0.247 e. The fraction of sp³-hybridized carbons (Fsp3) is 0.211. The molecule has 3 aromatic rings. The molecule has 5 nitrogen and oxygen atoms in total. The molecule has 0 spiro atoms. The van der Waals surface area contributed by atoms with Gasteiger partial charge >= 0.3 is 0 Å². The summed E-state index contributed by atoms with van der Waals surface area (Å²) < 4.78 is 5.60. The zero-order chi connectivity index (χ0) is 16.8. The second-order valence-corrected chi connectivity index (χ2v) is 5.63. The highest BCUT2D eigenvalue weighted by atomic mass is 16.4. The predicted molar refractivity (Wildman–Crippen MR) is 91.1 cm³/mol. The van der Waals surface area contributed by atoms with E-state index >= 15 is 0 Å². The van der Waals surface area contributed by atoms with Crippen LogP contribution in [0, 0.1) is 6.92 Å². The van der Waals surface area contributed by atoms with Gasteiger partial charge in [-0.15, -0.1) is 10.2 Å². The summed E-state index contributed by atoms with van der Waals surface area (Å²) in [6.45, 7) is 2.56. The number of rotatable bonds is 6. The largest absolute Gasteiger partial charge is 0.421 e. The summed E-state index contributed by atoms with van der Waals surface area (Å²) in [6, 6.07) is 17.7. The lowest BCUT2D eigenvalue weighted by Crippen LogP contribution is -2.23. The number of nitrogens with zero attached hydrogens (tertiary/aromatic N) is 2. The summed E-state index contributed by atoms with van der Waals surface area (Å²) in [5.41, 5.74) is 3.15. The third kappa shape index (κ3) is 4.29. The smallest absolute Gasteiger partial charge is 0.247 e. The fourth-order valence-corrected chi connectivity index (χ4v) is 2.38. The van der Waals surface area contributed by atoms with Crippen molar-refractivity contribution in [1.82, 2.24) is 15.5 Å². The van der Waals surface area contributed by atoms with Gasteiger partial charge < -0.3 is 9.73 Å². The lowest BCUT2D eigenvalue weighted by atomic mass is 10.1. The van der Waals surface area contributed by atoms with Gasteiger partial charge in [-0.05, 0) is 24.6 Å². The van der Waals surface area contributed by atoms with Crippen LogP contribution >= 0.6 is 0 Å². The Kier molecular flexibility index (Phi) is 5.01. The van der Waals surface area contributed by atoms with Crippen molar-refractivity contribution < 1.29 is 9.21 Å². The first-order valence-electron chi connectivity index (χ1n) is 7.91. The quantitative estimate of drug-likeness (QED) is 0.756. The van der Waals surface area contributed by atoms with E-state index in [-0.39, 0.29) is 5.91 Å². The Hall–Kier alpha value is -2.95. The molecule has 5 heteroatoms. The van der Waals surface area contributed by atoms with Crippen LogP contribution in [-0.4, -0.2) is 16.1 Å². The molecular formula is C19H19N3O2. The Labute approximate surface area is 140 Å². The van der Waals surface area contributed by atoms with E-state index in [0.717, 1.165) is 11.1 Å². The molecule has 3 rings (SSSR count). The summed E-state index contributed by atoms with van der Waals surface area (Å²) in [6.07, 6.45) is 0.752. The molecule has 2 aromatic carbocycles. The molecule has 0 aliphatic carbocycles. The minimum Gasteiger partial charge on any atom is -0.421 e. The minimum atomic E-state index is -0.0315. The molecule has 0 radical (unpaired) electrons. The van der Waals surface area contributed by atoms with Crippen LogP contribution in [0.4, 0.5) is 0 Å². The number of hydrogen-bond acceptors (Lipinski definition) is 4. The molecule has 24 heavy (non-hydrogen) atoms. The summed E-state index contributed by atoms with van der Waals surface area (Å²) >= 11 is 0. The SMILES string of the molecule is Cc1cccc(CNC(=O)CCc2nnc(-c3ccccc3)o2)c1. The van der Waals surface area contributed by atoms with E-state index in [0.29, 0.717) is 31.2 Å². The van der Waals surface area contributed by atoms with Crippen LogP contribution in [0.25, 0.3) is 11.5 Å². The van der Waals surface area contributed by atoms with Crippen LogP contribution in [0.2, 0.25) is 0 Å². The van der Waals surface area contributed by atoms with Gasteiger partial charge in [-0.25, -0.2) is 0 Å². The van der Waals surface area contributed by atoms with Crippen LogP contribution in [0.1, 0.15) is 23.4 Å². The van der Waals surface area contributed by atoms with Gasteiger partial charge in [-0.1, -0.05) is 48.0 Å². The molecule has 0 atom stereocenters. The molecule has 1 N–H and O–H groups in total. The lowest BCUT2D eigenvalue weighted by Gasteiger charge is -2.05. The average molecular weight is 321 g/mol. The van der Waals surface area contributed by atoms with Crippen molar-refractivity contribution in [3.63, 3.8) is 0 Å². The molecule has 1 amide bonds. The molecule has 0 aliphatic heterocycles. The van der Waals surface area contributed by atoms with E-state index in [1.807, 2.05) is 55.5 Å². The van der Waals surface area contributed by atoms with Crippen molar-refractivity contribution in [3.05, 3.63) is 71.6 Å². The van der Waals surface area contributed by atoms with Crippen molar-refractivity contribution in [3.8, 4) is 11.5 Å². The van der Waals surface area contributed by atoms with Crippen molar-refractivity contribution in [2.75, 3.05) is 0 Å². The summed E-state index contributed by atoms with van der Waals surface area (Å²) in [5.74, 6) is 0.918. The maximum atomic E-state index is 12.0. The number of aromatic nitrogens is 2. The van der Waals surface area contributed by atoms with E-state index in [1.165, 1.54) is 5.56 Å². The first-order chi connectivity index (χ1) is 11.7. The number of hydrogen-bond donors (Lipinski definition) is 1. The Bertz CT molecular complexity index is 812. The summed E-state index contributed by atoms with van der Waals surface area (Å²) in [7, 11) is 0. The maximum absolute atomic E-state index is 12.0. The lowest BCUT2D eigenvalue weighted by molar-refractivity contribution is -0.121. The highest BCUT2D eigenvalue weighted by molar-refractivity contribution is 5.76. The average Bonchev–Trinajstić information content (AvgIpc) is 3.08. The number of benzene rings is 2. The van der Waals surface area contributed by atoms with E-state index in [4.69, 9.17) is 4.42 Å². The first kappa shape index (κ1) is 15.9. The highest BCUT2D eigenvalue weighted by Crippen LogP contribution is 2.17. The van der Waals surface area contributed by atoms with Crippen LogP contribution in [0.15, 0.2) is 59.0 Å². The second kappa shape index (κ2) is 7.55. The Balaban J connectivity index is 1.49. The van der Waals surface area contributed by atoms with Gasteiger partial charge in [0.2, 0.25) is 17.7 Å². The number of carbonyl (C=O) groups excluding carboxylic acids is 1. The Morgan fingerprint density at radius 2 is 1.92 bits per heavy atom. The zero-order valence-corrected chi connectivity index (χ0v) is 13.5. The van der Waals surface area contributed by atoms with Gasteiger partial charge in [0, 0.05) is 24.9 Å². The number of carbonyl (C=O) groups is 1. The van der Waals surface area contributed by atoms with Crippen molar-refractivity contribution in [2.24, 2.45) is 0 Å². The number of nitrogens with one attached hydrogen (secondary N) is 1. The van der Waals surface area contributed by atoms with Crippen molar-refractivity contribution in [1.29, 1.82) is 0 Å².